The van der Waals surface area contributed by atoms with Crippen molar-refractivity contribution < 1.29 is 4.39 Å². The molecular formula is C10H10ClFS. The quantitative estimate of drug-likeness (QED) is 0.730. The second-order valence-electron chi connectivity index (χ2n) is 2.58. The van der Waals surface area contributed by atoms with Gasteiger partial charge in [-0.1, -0.05) is 23.8 Å². The zero-order chi connectivity index (χ0) is 9.68. The number of hydrogen-bond donors (Lipinski definition) is 1. The van der Waals surface area contributed by atoms with Gasteiger partial charge in [-0.3, -0.25) is 0 Å². The maximum absolute atomic E-state index is 12.7. The zero-order valence-electron chi connectivity index (χ0n) is 7.00. The minimum Gasteiger partial charge on any atom is -0.207 e. The number of halogens is 2. The van der Waals surface area contributed by atoms with Crippen LogP contribution in [0.15, 0.2) is 24.3 Å². The molecule has 0 saturated carbocycles. The van der Waals surface area contributed by atoms with E-state index in [1.165, 1.54) is 12.1 Å². The highest BCUT2D eigenvalue weighted by Gasteiger charge is 1.97. The SMILES string of the molecule is Fc1ccc(Cl)c(C=CCCS)c1. The Balaban J connectivity index is 2.81. The fourth-order valence-electron chi connectivity index (χ4n) is 0.927. The molecule has 0 atom stereocenters. The van der Waals surface area contributed by atoms with E-state index in [1.807, 2.05) is 12.2 Å². The van der Waals surface area contributed by atoms with E-state index in [-0.39, 0.29) is 5.82 Å². The number of allylic oxidation sites excluding steroid dienone is 1. The molecule has 1 aromatic carbocycles. The molecule has 0 unspecified atom stereocenters. The first-order chi connectivity index (χ1) is 6.24. The van der Waals surface area contributed by atoms with Gasteiger partial charge in [-0.25, -0.2) is 4.39 Å². The average Bonchev–Trinajstić information content (AvgIpc) is 2.11. The highest BCUT2D eigenvalue weighted by molar-refractivity contribution is 7.80. The topological polar surface area (TPSA) is 0 Å². The summed E-state index contributed by atoms with van der Waals surface area (Å²) in [6, 6.07) is 4.31. The Morgan fingerprint density at radius 3 is 2.92 bits per heavy atom. The molecule has 0 saturated heterocycles. The summed E-state index contributed by atoms with van der Waals surface area (Å²) in [6.07, 6.45) is 4.59. The first-order valence-corrected chi connectivity index (χ1v) is 4.97. The number of benzene rings is 1. The molecule has 1 rings (SSSR count). The van der Waals surface area contributed by atoms with E-state index >= 15 is 0 Å². The third-order valence-electron chi connectivity index (χ3n) is 1.55. The summed E-state index contributed by atoms with van der Waals surface area (Å²) in [7, 11) is 0. The van der Waals surface area contributed by atoms with Crippen molar-refractivity contribution in [3.8, 4) is 0 Å². The molecule has 0 aliphatic carbocycles. The summed E-state index contributed by atoms with van der Waals surface area (Å²) in [4.78, 5) is 0. The van der Waals surface area contributed by atoms with E-state index in [9.17, 15) is 4.39 Å². The summed E-state index contributed by atoms with van der Waals surface area (Å²) in [5.41, 5.74) is 0.712. The first-order valence-electron chi connectivity index (χ1n) is 3.96. The van der Waals surface area contributed by atoms with Gasteiger partial charge in [0.15, 0.2) is 0 Å². The summed E-state index contributed by atoms with van der Waals surface area (Å²) >= 11 is 9.89. The number of hydrogen-bond acceptors (Lipinski definition) is 1. The summed E-state index contributed by atoms with van der Waals surface area (Å²) in [5.74, 6) is 0.513. The fraction of sp³-hybridized carbons (Fsp3) is 0.200. The van der Waals surface area contributed by atoms with Crippen LogP contribution in [0.1, 0.15) is 12.0 Å². The van der Waals surface area contributed by atoms with Crippen LogP contribution in [0.2, 0.25) is 5.02 Å². The van der Waals surface area contributed by atoms with Crippen LogP contribution in [0, 0.1) is 5.82 Å². The van der Waals surface area contributed by atoms with Crippen LogP contribution in [0.25, 0.3) is 6.08 Å². The maximum atomic E-state index is 12.7. The van der Waals surface area contributed by atoms with Gasteiger partial charge in [-0.05, 0) is 35.9 Å². The van der Waals surface area contributed by atoms with Crippen molar-refractivity contribution in [3.63, 3.8) is 0 Å². The van der Waals surface area contributed by atoms with E-state index < -0.39 is 0 Å². The molecule has 0 spiro atoms. The van der Waals surface area contributed by atoms with Crippen molar-refractivity contribution >= 4 is 30.3 Å². The molecular weight excluding hydrogens is 207 g/mol. The Kier molecular flexibility index (Phi) is 4.33. The number of rotatable bonds is 3. The Hall–Kier alpha value is -0.470. The van der Waals surface area contributed by atoms with Gasteiger partial charge in [0.1, 0.15) is 5.82 Å². The monoisotopic (exact) mass is 216 g/mol. The minimum absolute atomic E-state index is 0.269. The van der Waals surface area contributed by atoms with E-state index in [1.54, 1.807) is 6.07 Å². The van der Waals surface area contributed by atoms with Gasteiger partial charge in [0.05, 0.1) is 0 Å². The van der Waals surface area contributed by atoms with Crippen molar-refractivity contribution in [3.05, 3.63) is 40.7 Å². The summed E-state index contributed by atoms with van der Waals surface area (Å²) in [6.45, 7) is 0. The third-order valence-corrected chi connectivity index (χ3v) is 2.15. The Morgan fingerprint density at radius 1 is 1.46 bits per heavy atom. The van der Waals surface area contributed by atoms with Crippen LogP contribution in [0.3, 0.4) is 0 Å². The standard InChI is InChI=1S/C10H10ClFS/c11-10-5-4-9(12)7-8(10)3-1-2-6-13/h1,3-5,7,13H,2,6H2. The van der Waals surface area contributed by atoms with Gasteiger partial charge in [0.25, 0.3) is 0 Å². The van der Waals surface area contributed by atoms with Gasteiger partial charge in [0.2, 0.25) is 0 Å². The van der Waals surface area contributed by atoms with Crippen LogP contribution >= 0.6 is 24.2 Å². The fourth-order valence-corrected chi connectivity index (χ4v) is 1.26. The largest absolute Gasteiger partial charge is 0.207 e. The maximum Gasteiger partial charge on any atom is 0.123 e. The lowest BCUT2D eigenvalue weighted by atomic mass is 10.2. The molecule has 0 nitrogen and oxygen atoms in total. The van der Waals surface area contributed by atoms with Gasteiger partial charge < -0.3 is 0 Å². The predicted molar refractivity (Wildman–Crippen MR) is 58.9 cm³/mol. The number of thiol groups is 1. The van der Waals surface area contributed by atoms with Crippen LogP contribution in [0.4, 0.5) is 4.39 Å². The molecule has 70 valence electrons. The molecule has 3 heteroatoms. The molecule has 0 fully saturated rings. The molecule has 0 N–H and O–H groups in total. The van der Waals surface area contributed by atoms with Crippen molar-refractivity contribution in [1.29, 1.82) is 0 Å². The van der Waals surface area contributed by atoms with E-state index in [2.05, 4.69) is 12.6 Å². The summed E-state index contributed by atoms with van der Waals surface area (Å²) < 4.78 is 12.7. The predicted octanol–water partition coefficient (Wildman–Crippen LogP) is 3.81. The lowest BCUT2D eigenvalue weighted by Crippen LogP contribution is -1.79. The third kappa shape index (κ3) is 3.41. The van der Waals surface area contributed by atoms with Crippen LogP contribution in [-0.4, -0.2) is 5.75 Å². The molecule has 13 heavy (non-hydrogen) atoms. The minimum atomic E-state index is -0.269. The second-order valence-corrected chi connectivity index (χ2v) is 3.43. The molecule has 0 bridgehead atoms. The second kappa shape index (κ2) is 5.30. The Bertz CT molecular complexity index is 310. The molecule has 0 aromatic heterocycles. The van der Waals surface area contributed by atoms with Crippen molar-refractivity contribution in [2.24, 2.45) is 0 Å². The highest BCUT2D eigenvalue weighted by Crippen LogP contribution is 2.18. The van der Waals surface area contributed by atoms with Crippen LogP contribution < -0.4 is 0 Å². The van der Waals surface area contributed by atoms with E-state index in [0.717, 1.165) is 12.2 Å². The molecule has 0 aliphatic heterocycles. The van der Waals surface area contributed by atoms with Crippen molar-refractivity contribution in [1.82, 2.24) is 0 Å². The highest BCUT2D eigenvalue weighted by atomic mass is 35.5. The van der Waals surface area contributed by atoms with Gasteiger partial charge in [-0.15, -0.1) is 0 Å². The van der Waals surface area contributed by atoms with E-state index in [0.29, 0.717) is 10.6 Å². The van der Waals surface area contributed by atoms with Gasteiger partial charge in [0, 0.05) is 5.02 Å². The zero-order valence-corrected chi connectivity index (χ0v) is 8.65. The molecule has 0 radical (unpaired) electrons. The van der Waals surface area contributed by atoms with E-state index in [4.69, 9.17) is 11.6 Å². The normalized spacial score (nSPS) is 11.0. The Morgan fingerprint density at radius 2 is 2.23 bits per heavy atom. The average molecular weight is 217 g/mol. The van der Waals surface area contributed by atoms with Crippen LogP contribution in [-0.2, 0) is 0 Å². The molecule has 0 heterocycles. The first kappa shape index (κ1) is 10.6. The molecule has 0 aliphatic rings. The van der Waals surface area contributed by atoms with Crippen LogP contribution in [0.5, 0.6) is 0 Å². The smallest absolute Gasteiger partial charge is 0.123 e. The molecule has 0 amide bonds. The summed E-state index contributed by atoms with van der Waals surface area (Å²) in [5, 5.41) is 0.566. The van der Waals surface area contributed by atoms with Gasteiger partial charge in [-0.2, -0.15) is 12.6 Å². The van der Waals surface area contributed by atoms with Gasteiger partial charge >= 0.3 is 0 Å². The Labute approximate surface area is 87.8 Å². The lowest BCUT2D eigenvalue weighted by Gasteiger charge is -1.97. The van der Waals surface area contributed by atoms with Crippen molar-refractivity contribution in [2.45, 2.75) is 6.42 Å². The lowest BCUT2D eigenvalue weighted by molar-refractivity contribution is 0.627. The molecule has 1 aromatic rings. The van der Waals surface area contributed by atoms with Crippen molar-refractivity contribution in [2.75, 3.05) is 5.75 Å².